The molecule has 22 heavy (non-hydrogen) atoms. The Morgan fingerprint density at radius 2 is 1.68 bits per heavy atom. The Balaban J connectivity index is 2.15. The van der Waals surface area contributed by atoms with Gasteiger partial charge in [0.2, 0.25) is 0 Å². The maximum Gasteiger partial charge on any atom is 0.410 e. The molecule has 0 aromatic heterocycles. The number of hydrogen-bond donors (Lipinski definition) is 0. The van der Waals surface area contributed by atoms with Crippen LogP contribution in [0.25, 0.3) is 11.1 Å². The number of ether oxygens (including phenoxy) is 1. The van der Waals surface area contributed by atoms with Crippen LogP contribution >= 0.6 is 0 Å². The standard InChI is InChI=1S/C19H23NO2/c1-4-20(5-2)19(21)22-14-17-12-9-13-18(15(17)3)16-10-7-6-8-11-16/h6-13H,4-5,14H2,1-3H3. The number of nitrogens with zero attached hydrogens (tertiary/aromatic N) is 1. The third-order valence-corrected chi connectivity index (χ3v) is 3.90. The molecule has 0 N–H and O–H groups in total. The van der Waals surface area contributed by atoms with E-state index in [0.29, 0.717) is 19.7 Å². The van der Waals surface area contributed by atoms with Crippen molar-refractivity contribution >= 4 is 6.09 Å². The molecule has 0 aliphatic carbocycles. The first-order valence-electron chi connectivity index (χ1n) is 7.73. The second kappa shape index (κ2) is 7.64. The van der Waals surface area contributed by atoms with Crippen molar-refractivity contribution in [1.82, 2.24) is 4.90 Å². The molecular weight excluding hydrogens is 274 g/mol. The zero-order chi connectivity index (χ0) is 15.9. The molecule has 0 atom stereocenters. The lowest BCUT2D eigenvalue weighted by atomic mass is 9.97. The monoisotopic (exact) mass is 297 g/mol. The number of benzene rings is 2. The van der Waals surface area contributed by atoms with Crippen molar-refractivity contribution in [3.63, 3.8) is 0 Å². The molecule has 0 aliphatic rings. The van der Waals surface area contributed by atoms with E-state index in [4.69, 9.17) is 4.74 Å². The van der Waals surface area contributed by atoms with Crippen LogP contribution in [-0.4, -0.2) is 24.1 Å². The van der Waals surface area contributed by atoms with Crippen molar-refractivity contribution in [2.45, 2.75) is 27.4 Å². The average Bonchev–Trinajstić information content (AvgIpc) is 2.56. The van der Waals surface area contributed by atoms with Crippen LogP contribution in [-0.2, 0) is 11.3 Å². The normalized spacial score (nSPS) is 10.3. The maximum atomic E-state index is 11.9. The van der Waals surface area contributed by atoms with E-state index in [0.717, 1.165) is 11.1 Å². The highest BCUT2D eigenvalue weighted by molar-refractivity contribution is 5.69. The quantitative estimate of drug-likeness (QED) is 0.804. The summed E-state index contributed by atoms with van der Waals surface area (Å²) < 4.78 is 5.43. The fraction of sp³-hybridized carbons (Fsp3) is 0.316. The van der Waals surface area contributed by atoms with Gasteiger partial charge in [-0.2, -0.15) is 0 Å². The Kier molecular flexibility index (Phi) is 5.59. The number of carbonyl (C=O) groups is 1. The zero-order valence-corrected chi connectivity index (χ0v) is 13.5. The predicted molar refractivity (Wildman–Crippen MR) is 89.7 cm³/mol. The van der Waals surface area contributed by atoms with E-state index in [1.54, 1.807) is 4.90 Å². The molecule has 0 unspecified atom stereocenters. The Morgan fingerprint density at radius 3 is 2.32 bits per heavy atom. The van der Waals surface area contributed by atoms with Crippen LogP contribution in [0.3, 0.4) is 0 Å². The van der Waals surface area contributed by atoms with E-state index in [-0.39, 0.29) is 6.09 Å². The fourth-order valence-corrected chi connectivity index (χ4v) is 2.48. The van der Waals surface area contributed by atoms with Gasteiger partial charge in [0.15, 0.2) is 0 Å². The predicted octanol–water partition coefficient (Wildman–Crippen LogP) is 4.64. The molecule has 0 bridgehead atoms. The zero-order valence-electron chi connectivity index (χ0n) is 13.5. The van der Waals surface area contributed by atoms with E-state index >= 15 is 0 Å². The summed E-state index contributed by atoms with van der Waals surface area (Å²) in [4.78, 5) is 13.6. The van der Waals surface area contributed by atoms with Crippen molar-refractivity contribution < 1.29 is 9.53 Å². The van der Waals surface area contributed by atoms with Crippen molar-refractivity contribution in [3.05, 3.63) is 59.7 Å². The minimum absolute atomic E-state index is 0.255. The molecule has 2 aromatic rings. The Morgan fingerprint density at radius 1 is 1.00 bits per heavy atom. The van der Waals surface area contributed by atoms with Crippen LogP contribution in [0.15, 0.2) is 48.5 Å². The highest BCUT2D eigenvalue weighted by atomic mass is 16.6. The highest BCUT2D eigenvalue weighted by Crippen LogP contribution is 2.25. The Labute approximate surface area is 132 Å². The summed E-state index contributed by atoms with van der Waals surface area (Å²) >= 11 is 0. The molecule has 0 radical (unpaired) electrons. The van der Waals surface area contributed by atoms with Gasteiger partial charge in [0, 0.05) is 13.1 Å². The average molecular weight is 297 g/mol. The third kappa shape index (κ3) is 3.67. The molecule has 3 heteroatoms. The van der Waals surface area contributed by atoms with Crippen LogP contribution < -0.4 is 0 Å². The van der Waals surface area contributed by atoms with Crippen LogP contribution in [0.4, 0.5) is 4.79 Å². The van der Waals surface area contributed by atoms with Gasteiger partial charge in [0.25, 0.3) is 0 Å². The van der Waals surface area contributed by atoms with E-state index in [1.165, 1.54) is 11.1 Å². The lowest BCUT2D eigenvalue weighted by Crippen LogP contribution is -2.31. The van der Waals surface area contributed by atoms with Gasteiger partial charge in [-0.1, -0.05) is 48.5 Å². The first-order valence-corrected chi connectivity index (χ1v) is 7.73. The summed E-state index contributed by atoms with van der Waals surface area (Å²) in [5.41, 5.74) is 4.55. The Hall–Kier alpha value is -2.29. The first kappa shape index (κ1) is 16.1. The number of amides is 1. The second-order valence-corrected chi connectivity index (χ2v) is 5.18. The van der Waals surface area contributed by atoms with Crippen LogP contribution in [0.5, 0.6) is 0 Å². The molecule has 0 heterocycles. The molecule has 3 nitrogen and oxygen atoms in total. The number of carbonyl (C=O) groups excluding carboxylic acids is 1. The summed E-state index contributed by atoms with van der Waals surface area (Å²) in [5, 5.41) is 0. The molecule has 2 aromatic carbocycles. The Bertz CT molecular complexity index is 619. The topological polar surface area (TPSA) is 29.5 Å². The van der Waals surface area contributed by atoms with Crippen molar-refractivity contribution in [1.29, 1.82) is 0 Å². The van der Waals surface area contributed by atoms with Gasteiger partial charge in [-0.3, -0.25) is 0 Å². The van der Waals surface area contributed by atoms with Gasteiger partial charge in [0.1, 0.15) is 6.61 Å². The van der Waals surface area contributed by atoms with E-state index in [1.807, 2.05) is 44.2 Å². The second-order valence-electron chi connectivity index (χ2n) is 5.18. The molecular formula is C19H23NO2. The SMILES string of the molecule is CCN(CC)C(=O)OCc1cccc(-c2ccccc2)c1C. The smallest absolute Gasteiger partial charge is 0.410 e. The van der Waals surface area contributed by atoms with Crippen molar-refractivity contribution in [2.24, 2.45) is 0 Å². The summed E-state index contributed by atoms with van der Waals surface area (Å²) in [5.74, 6) is 0. The summed E-state index contributed by atoms with van der Waals surface area (Å²) in [6, 6.07) is 16.4. The van der Waals surface area contributed by atoms with Gasteiger partial charge in [-0.25, -0.2) is 4.79 Å². The van der Waals surface area contributed by atoms with Gasteiger partial charge in [-0.05, 0) is 43.0 Å². The summed E-state index contributed by atoms with van der Waals surface area (Å²) in [6.45, 7) is 7.61. The maximum absolute atomic E-state index is 11.9. The van der Waals surface area contributed by atoms with Crippen molar-refractivity contribution in [3.8, 4) is 11.1 Å². The summed E-state index contributed by atoms with van der Waals surface area (Å²) in [6.07, 6.45) is -0.255. The van der Waals surface area contributed by atoms with Crippen molar-refractivity contribution in [2.75, 3.05) is 13.1 Å². The van der Waals surface area contributed by atoms with E-state index in [9.17, 15) is 4.79 Å². The number of rotatable bonds is 5. The molecule has 0 fully saturated rings. The van der Waals surface area contributed by atoms with Crippen LogP contribution in [0.1, 0.15) is 25.0 Å². The summed E-state index contributed by atoms with van der Waals surface area (Å²) in [7, 11) is 0. The molecule has 0 spiro atoms. The molecule has 0 aliphatic heterocycles. The van der Waals surface area contributed by atoms with Gasteiger partial charge >= 0.3 is 6.09 Å². The van der Waals surface area contributed by atoms with Crippen LogP contribution in [0.2, 0.25) is 0 Å². The minimum Gasteiger partial charge on any atom is -0.445 e. The fourth-order valence-electron chi connectivity index (χ4n) is 2.48. The third-order valence-electron chi connectivity index (χ3n) is 3.90. The lowest BCUT2D eigenvalue weighted by molar-refractivity contribution is 0.0997. The molecule has 0 saturated carbocycles. The van der Waals surface area contributed by atoms with E-state index in [2.05, 4.69) is 25.1 Å². The van der Waals surface area contributed by atoms with Gasteiger partial charge in [-0.15, -0.1) is 0 Å². The molecule has 116 valence electrons. The van der Waals surface area contributed by atoms with E-state index < -0.39 is 0 Å². The first-order chi connectivity index (χ1) is 10.7. The molecule has 1 amide bonds. The molecule has 0 saturated heterocycles. The minimum atomic E-state index is -0.255. The highest BCUT2D eigenvalue weighted by Gasteiger charge is 2.12. The molecule has 2 rings (SSSR count). The van der Waals surface area contributed by atoms with Gasteiger partial charge < -0.3 is 9.64 Å². The van der Waals surface area contributed by atoms with Gasteiger partial charge in [0.05, 0.1) is 0 Å². The largest absolute Gasteiger partial charge is 0.445 e. The van der Waals surface area contributed by atoms with Crippen LogP contribution in [0, 0.1) is 6.92 Å². The number of hydrogen-bond acceptors (Lipinski definition) is 2. The lowest BCUT2D eigenvalue weighted by Gasteiger charge is -2.19.